The SMILES string of the molecule is Cc1cc(Cc2cc(C)c(N)cc2S(=O)(=O)O)c(S(=O)(=O)O)cc1N. The predicted octanol–water partition coefficient (Wildman–Crippen LogP) is 1.55. The normalized spacial score (nSPS) is 12.3. The fourth-order valence-electron chi connectivity index (χ4n) is 2.49. The molecule has 0 amide bonds. The van der Waals surface area contributed by atoms with Crippen molar-refractivity contribution in [1.82, 2.24) is 0 Å². The molecule has 0 aromatic heterocycles. The van der Waals surface area contributed by atoms with E-state index in [1.807, 2.05) is 0 Å². The summed E-state index contributed by atoms with van der Waals surface area (Å²) in [5, 5.41) is 0. The third-order valence-corrected chi connectivity index (χ3v) is 5.71. The fourth-order valence-corrected chi connectivity index (χ4v) is 3.97. The van der Waals surface area contributed by atoms with Crippen molar-refractivity contribution in [3.8, 4) is 0 Å². The Bertz CT molecular complexity index is 974. The van der Waals surface area contributed by atoms with Gasteiger partial charge in [0, 0.05) is 17.8 Å². The van der Waals surface area contributed by atoms with Crippen molar-refractivity contribution >= 4 is 31.6 Å². The Kier molecular flexibility index (Phi) is 4.83. The summed E-state index contributed by atoms with van der Waals surface area (Å²) < 4.78 is 65.3. The topological polar surface area (TPSA) is 161 Å². The lowest BCUT2D eigenvalue weighted by atomic mass is 10.00. The van der Waals surface area contributed by atoms with E-state index in [2.05, 4.69) is 0 Å². The van der Waals surface area contributed by atoms with Crippen LogP contribution in [0, 0.1) is 13.8 Å². The van der Waals surface area contributed by atoms with Gasteiger partial charge in [-0.15, -0.1) is 0 Å². The van der Waals surface area contributed by atoms with Crippen molar-refractivity contribution in [2.75, 3.05) is 11.5 Å². The molecule has 2 rings (SSSR count). The van der Waals surface area contributed by atoms with Crippen LogP contribution in [0.3, 0.4) is 0 Å². The smallest absolute Gasteiger partial charge is 0.294 e. The van der Waals surface area contributed by atoms with Crippen LogP contribution in [0.15, 0.2) is 34.1 Å². The van der Waals surface area contributed by atoms with E-state index in [0.717, 1.165) is 12.1 Å². The van der Waals surface area contributed by atoms with Gasteiger partial charge < -0.3 is 11.5 Å². The third-order valence-electron chi connectivity index (χ3n) is 3.84. The Morgan fingerprint density at radius 2 is 1.08 bits per heavy atom. The van der Waals surface area contributed by atoms with E-state index in [-0.39, 0.29) is 28.9 Å². The maximum Gasteiger partial charge on any atom is 0.294 e. The van der Waals surface area contributed by atoms with Gasteiger partial charge >= 0.3 is 0 Å². The van der Waals surface area contributed by atoms with Crippen LogP contribution in [0.5, 0.6) is 0 Å². The van der Waals surface area contributed by atoms with E-state index in [1.165, 1.54) is 12.1 Å². The Labute approximate surface area is 146 Å². The van der Waals surface area contributed by atoms with E-state index in [9.17, 15) is 25.9 Å². The molecule has 2 aromatic carbocycles. The van der Waals surface area contributed by atoms with Gasteiger partial charge in [0.1, 0.15) is 0 Å². The molecule has 0 bridgehead atoms. The standard InChI is InChI=1S/C15H18N2O6S2/c1-8-3-10(14(6-12(8)16)24(18,19)20)5-11-4-9(2)13(17)7-15(11)25(21,22)23/h3-4,6-7H,5,16-17H2,1-2H3,(H,18,19,20)(H,21,22,23). The number of hydrogen-bond acceptors (Lipinski definition) is 6. The molecule has 0 atom stereocenters. The zero-order valence-corrected chi connectivity index (χ0v) is 15.1. The molecule has 10 heteroatoms. The summed E-state index contributed by atoms with van der Waals surface area (Å²) in [6.45, 7) is 3.29. The molecule has 0 spiro atoms. The summed E-state index contributed by atoms with van der Waals surface area (Å²) in [7, 11) is -9.15. The molecule has 6 N–H and O–H groups in total. The number of hydrogen-bond donors (Lipinski definition) is 4. The third kappa shape index (κ3) is 4.10. The molecule has 0 unspecified atom stereocenters. The molecule has 0 heterocycles. The highest BCUT2D eigenvalue weighted by molar-refractivity contribution is 7.86. The molecule has 0 fully saturated rings. The molecular weight excluding hydrogens is 368 g/mol. The minimum absolute atomic E-state index is 0.142. The van der Waals surface area contributed by atoms with Crippen molar-refractivity contribution in [3.63, 3.8) is 0 Å². The van der Waals surface area contributed by atoms with Gasteiger partial charge in [0.25, 0.3) is 20.2 Å². The monoisotopic (exact) mass is 386 g/mol. The number of aryl methyl sites for hydroxylation is 2. The van der Waals surface area contributed by atoms with Gasteiger partial charge in [0.05, 0.1) is 9.79 Å². The van der Waals surface area contributed by atoms with Gasteiger partial charge in [-0.3, -0.25) is 9.11 Å². The van der Waals surface area contributed by atoms with Crippen LogP contribution >= 0.6 is 0 Å². The minimum atomic E-state index is -4.58. The summed E-state index contributed by atoms with van der Waals surface area (Å²) >= 11 is 0. The molecule has 0 aliphatic heterocycles. The van der Waals surface area contributed by atoms with Crippen LogP contribution in [0.25, 0.3) is 0 Å². The van der Waals surface area contributed by atoms with Crippen LogP contribution in [0.4, 0.5) is 11.4 Å². The summed E-state index contributed by atoms with van der Waals surface area (Å²) in [6, 6.07) is 5.10. The second-order valence-corrected chi connectivity index (χ2v) is 8.54. The van der Waals surface area contributed by atoms with Crippen molar-refractivity contribution in [2.24, 2.45) is 0 Å². The zero-order chi connectivity index (χ0) is 19.2. The summed E-state index contributed by atoms with van der Waals surface area (Å²) in [6.07, 6.45) is -0.174. The van der Waals surface area contributed by atoms with Gasteiger partial charge in [0.2, 0.25) is 0 Å². The van der Waals surface area contributed by atoms with Crippen LogP contribution in [-0.4, -0.2) is 25.9 Å². The first-order valence-electron chi connectivity index (χ1n) is 7.03. The predicted molar refractivity (Wildman–Crippen MR) is 93.6 cm³/mol. The molecule has 0 saturated carbocycles. The second kappa shape index (κ2) is 6.30. The van der Waals surface area contributed by atoms with Crippen molar-refractivity contribution in [3.05, 3.63) is 46.5 Å². The average Bonchev–Trinajstić information content (AvgIpc) is 2.43. The van der Waals surface area contributed by atoms with Gasteiger partial charge in [-0.2, -0.15) is 16.8 Å². The summed E-state index contributed by atoms with van der Waals surface area (Å²) in [4.78, 5) is -0.849. The van der Waals surface area contributed by atoms with Crippen LogP contribution < -0.4 is 11.5 Å². The Morgan fingerprint density at radius 1 is 0.760 bits per heavy atom. The maximum atomic E-state index is 11.6. The first-order valence-corrected chi connectivity index (χ1v) is 9.91. The highest BCUT2D eigenvalue weighted by Crippen LogP contribution is 2.29. The average molecular weight is 386 g/mol. The van der Waals surface area contributed by atoms with E-state index >= 15 is 0 Å². The Balaban J connectivity index is 2.73. The lowest BCUT2D eigenvalue weighted by molar-refractivity contribution is 0.481. The minimum Gasteiger partial charge on any atom is -0.398 e. The zero-order valence-electron chi connectivity index (χ0n) is 13.5. The summed E-state index contributed by atoms with van der Waals surface area (Å²) in [5.41, 5.74) is 13.1. The van der Waals surface area contributed by atoms with Crippen LogP contribution in [0.1, 0.15) is 22.3 Å². The number of rotatable bonds is 4. The molecule has 0 aliphatic rings. The van der Waals surface area contributed by atoms with Crippen LogP contribution in [0.2, 0.25) is 0 Å². The molecular formula is C15H18N2O6S2. The van der Waals surface area contributed by atoms with Gasteiger partial charge in [-0.05, 0) is 48.2 Å². The molecule has 8 nitrogen and oxygen atoms in total. The number of benzene rings is 2. The van der Waals surface area contributed by atoms with Gasteiger partial charge in [0.15, 0.2) is 0 Å². The van der Waals surface area contributed by atoms with Crippen LogP contribution in [-0.2, 0) is 26.7 Å². The highest BCUT2D eigenvalue weighted by atomic mass is 32.2. The van der Waals surface area contributed by atoms with Crippen molar-refractivity contribution in [1.29, 1.82) is 0 Å². The Hall–Kier alpha value is -2.14. The molecule has 0 saturated heterocycles. The highest BCUT2D eigenvalue weighted by Gasteiger charge is 2.22. The largest absolute Gasteiger partial charge is 0.398 e. The lowest BCUT2D eigenvalue weighted by Gasteiger charge is -2.14. The number of nitrogen functional groups attached to an aromatic ring is 2. The maximum absolute atomic E-state index is 11.6. The van der Waals surface area contributed by atoms with E-state index in [0.29, 0.717) is 11.1 Å². The number of anilines is 2. The fraction of sp³-hybridized carbons (Fsp3) is 0.200. The van der Waals surface area contributed by atoms with E-state index in [1.54, 1.807) is 13.8 Å². The quantitative estimate of drug-likeness (QED) is 0.454. The molecule has 2 aromatic rings. The first-order chi connectivity index (χ1) is 11.3. The Morgan fingerprint density at radius 3 is 1.36 bits per heavy atom. The van der Waals surface area contributed by atoms with Crippen molar-refractivity contribution < 1.29 is 25.9 Å². The molecule has 136 valence electrons. The van der Waals surface area contributed by atoms with E-state index < -0.39 is 30.0 Å². The van der Waals surface area contributed by atoms with Gasteiger partial charge in [-0.25, -0.2) is 0 Å². The number of nitrogens with two attached hydrogens (primary N) is 2. The van der Waals surface area contributed by atoms with Crippen molar-refractivity contribution in [2.45, 2.75) is 30.1 Å². The lowest BCUT2D eigenvalue weighted by Crippen LogP contribution is -2.10. The summed E-state index contributed by atoms with van der Waals surface area (Å²) in [5.74, 6) is 0. The molecule has 0 aliphatic carbocycles. The second-order valence-electron chi connectivity index (χ2n) is 5.76. The molecule has 25 heavy (non-hydrogen) atoms. The van der Waals surface area contributed by atoms with E-state index in [4.69, 9.17) is 11.5 Å². The molecule has 0 radical (unpaired) electrons. The van der Waals surface area contributed by atoms with Gasteiger partial charge in [-0.1, -0.05) is 12.1 Å². The first kappa shape index (κ1) is 19.2.